The van der Waals surface area contributed by atoms with Crippen LogP contribution in [0.1, 0.15) is 62.7 Å². The molecular weight excluding hydrogens is 624 g/mol. The number of likely N-dealkylation sites (tertiary alicyclic amines) is 1. The summed E-state index contributed by atoms with van der Waals surface area (Å²) in [6, 6.07) is 9.11. The quantitative estimate of drug-likeness (QED) is 0.181. The summed E-state index contributed by atoms with van der Waals surface area (Å²) in [5.41, 5.74) is 9.00. The van der Waals surface area contributed by atoms with Crippen LogP contribution in [0.2, 0.25) is 0 Å². The standard InChI is InChI=1S/C32H33B2N3O11/c1-45-19-6-16(7-20(11-19)46-2)27(13-29(38)39)36-31(41)28-4-3-5-37(28)32(42)23-12-25-18(14-47-33(25)43)9-21(23)22-8-17(30(35)40)10-26-24(22)15-48-34(26)44/h6-12,27-28,43-44H,3-5,13-15H2,1-2H3,(H2,35,40)(H,36,41)(H,38,39)/t27-,28-/m0/s1. The normalized spacial score (nSPS) is 17.2. The number of fused-ring (bicyclic) bond motifs is 2. The number of primary amides is 1. The first-order valence-corrected chi connectivity index (χ1v) is 15.3. The first-order valence-electron chi connectivity index (χ1n) is 15.3. The predicted molar refractivity (Wildman–Crippen MR) is 172 cm³/mol. The number of carboxylic acids is 1. The Labute approximate surface area is 276 Å². The maximum Gasteiger partial charge on any atom is 0.491 e. The van der Waals surface area contributed by atoms with Crippen LogP contribution < -0.4 is 31.4 Å². The molecule has 6 rings (SSSR count). The summed E-state index contributed by atoms with van der Waals surface area (Å²) in [7, 11) is 0.337. The lowest BCUT2D eigenvalue weighted by atomic mass is 9.74. The fourth-order valence-corrected chi connectivity index (χ4v) is 6.55. The average Bonchev–Trinajstić information content (AvgIpc) is 3.81. The van der Waals surface area contributed by atoms with Gasteiger partial charge >= 0.3 is 20.2 Å². The van der Waals surface area contributed by atoms with E-state index in [0.29, 0.717) is 63.1 Å². The smallest absolute Gasteiger partial charge is 0.491 e. The highest BCUT2D eigenvalue weighted by molar-refractivity contribution is 6.62. The highest BCUT2D eigenvalue weighted by Crippen LogP contribution is 2.35. The van der Waals surface area contributed by atoms with Gasteiger partial charge in [0.25, 0.3) is 5.91 Å². The number of hydrogen-bond acceptors (Lipinski definition) is 10. The number of methoxy groups -OCH3 is 2. The van der Waals surface area contributed by atoms with Crippen molar-refractivity contribution in [3.05, 3.63) is 70.3 Å². The van der Waals surface area contributed by atoms with Crippen LogP contribution in [0.3, 0.4) is 0 Å². The fraction of sp³-hybridized carbons (Fsp3) is 0.312. The van der Waals surface area contributed by atoms with E-state index in [4.69, 9.17) is 24.5 Å². The highest BCUT2D eigenvalue weighted by atomic mass is 16.5. The van der Waals surface area contributed by atoms with E-state index in [9.17, 15) is 34.3 Å². The predicted octanol–water partition coefficient (Wildman–Crippen LogP) is -0.158. The molecule has 0 bridgehead atoms. The number of amides is 3. The van der Waals surface area contributed by atoms with Gasteiger partial charge in [-0.2, -0.15) is 0 Å². The van der Waals surface area contributed by atoms with Crippen LogP contribution >= 0.6 is 0 Å². The van der Waals surface area contributed by atoms with Crippen LogP contribution in [0.4, 0.5) is 0 Å². The van der Waals surface area contributed by atoms with E-state index in [2.05, 4.69) is 5.32 Å². The first-order chi connectivity index (χ1) is 23.0. The summed E-state index contributed by atoms with van der Waals surface area (Å²) in [4.78, 5) is 53.9. The SMILES string of the molecule is COc1cc(OC)cc([C@H](CC(=O)O)NC(=O)[C@@H]2CCCN2C(=O)c2cc3c(cc2-c2cc(C(N)=O)cc4c2COB4O)COB3O)c1. The highest BCUT2D eigenvalue weighted by Gasteiger charge is 2.39. The molecule has 1 fully saturated rings. The van der Waals surface area contributed by atoms with Gasteiger partial charge in [0.15, 0.2) is 0 Å². The molecule has 16 heteroatoms. The van der Waals surface area contributed by atoms with Gasteiger partial charge in [0.05, 0.1) is 39.9 Å². The molecule has 0 unspecified atom stereocenters. The van der Waals surface area contributed by atoms with Crippen LogP contribution in [0.5, 0.6) is 11.5 Å². The molecule has 3 aliphatic rings. The molecule has 14 nitrogen and oxygen atoms in total. The summed E-state index contributed by atoms with van der Waals surface area (Å²) < 4.78 is 21.5. The van der Waals surface area contributed by atoms with Crippen molar-refractivity contribution in [3.63, 3.8) is 0 Å². The summed E-state index contributed by atoms with van der Waals surface area (Å²) in [6.07, 6.45) is 0.376. The number of ether oxygens (including phenoxy) is 2. The van der Waals surface area contributed by atoms with Gasteiger partial charge in [-0.3, -0.25) is 19.2 Å². The molecule has 0 spiro atoms. The lowest BCUT2D eigenvalue weighted by molar-refractivity contribution is -0.138. The van der Waals surface area contributed by atoms with Crippen molar-refractivity contribution in [2.24, 2.45) is 5.73 Å². The number of nitrogens with one attached hydrogen (secondary N) is 1. The average molecular weight is 657 g/mol. The molecule has 248 valence electrons. The number of nitrogens with two attached hydrogens (primary N) is 1. The zero-order chi connectivity index (χ0) is 34.3. The summed E-state index contributed by atoms with van der Waals surface area (Å²) >= 11 is 0. The maximum atomic E-state index is 14.5. The zero-order valence-electron chi connectivity index (χ0n) is 26.2. The Hall–Kier alpha value is -4.89. The van der Waals surface area contributed by atoms with E-state index in [1.54, 1.807) is 24.3 Å². The van der Waals surface area contributed by atoms with Crippen molar-refractivity contribution < 1.29 is 53.1 Å². The van der Waals surface area contributed by atoms with Crippen molar-refractivity contribution >= 4 is 48.9 Å². The number of nitrogens with zero attached hydrogens (tertiary/aromatic N) is 1. The number of hydrogen-bond donors (Lipinski definition) is 5. The second-order valence-electron chi connectivity index (χ2n) is 11.8. The van der Waals surface area contributed by atoms with Gasteiger partial charge in [-0.15, -0.1) is 0 Å². The van der Waals surface area contributed by atoms with Gasteiger partial charge in [0, 0.05) is 23.7 Å². The molecule has 3 aliphatic heterocycles. The molecule has 0 aromatic heterocycles. The van der Waals surface area contributed by atoms with Crippen molar-refractivity contribution in [2.45, 2.75) is 44.6 Å². The van der Waals surface area contributed by atoms with Crippen molar-refractivity contribution in [1.29, 1.82) is 0 Å². The third-order valence-corrected chi connectivity index (χ3v) is 8.97. The number of rotatable bonds is 10. The molecule has 0 aliphatic carbocycles. The molecule has 0 saturated carbocycles. The number of carbonyl (C=O) groups is 4. The second-order valence-corrected chi connectivity index (χ2v) is 11.8. The number of carbonyl (C=O) groups excluding carboxylic acids is 3. The van der Waals surface area contributed by atoms with Gasteiger partial charge in [-0.05, 0) is 88.0 Å². The Morgan fingerprint density at radius 1 is 0.958 bits per heavy atom. The number of benzene rings is 3. The number of aliphatic carboxylic acids is 1. The van der Waals surface area contributed by atoms with Gasteiger partial charge in [0.2, 0.25) is 11.8 Å². The van der Waals surface area contributed by atoms with Crippen molar-refractivity contribution in [2.75, 3.05) is 20.8 Å². The van der Waals surface area contributed by atoms with Crippen LogP contribution in [-0.2, 0) is 32.1 Å². The van der Waals surface area contributed by atoms with Gasteiger partial charge < -0.3 is 49.9 Å². The Bertz CT molecular complexity index is 1800. The molecule has 2 atom stereocenters. The largest absolute Gasteiger partial charge is 0.497 e. The maximum absolute atomic E-state index is 14.5. The Morgan fingerprint density at radius 2 is 1.65 bits per heavy atom. The molecule has 6 N–H and O–H groups in total. The minimum Gasteiger partial charge on any atom is -0.497 e. The minimum absolute atomic E-state index is 0.00346. The van der Waals surface area contributed by atoms with Crippen molar-refractivity contribution in [1.82, 2.24) is 10.2 Å². The molecule has 3 aromatic rings. The number of carboxylic acid groups (broad SMARTS) is 1. The first kappa shape index (κ1) is 33.0. The monoisotopic (exact) mass is 657 g/mol. The van der Waals surface area contributed by atoms with E-state index in [1.807, 2.05) is 0 Å². The van der Waals surface area contributed by atoms with Gasteiger partial charge in [-0.25, -0.2) is 0 Å². The summed E-state index contributed by atoms with van der Waals surface area (Å²) in [5.74, 6) is -2.15. The van der Waals surface area contributed by atoms with Crippen LogP contribution in [-0.4, -0.2) is 84.8 Å². The van der Waals surface area contributed by atoms with E-state index in [0.717, 1.165) is 0 Å². The molecule has 1 saturated heterocycles. The van der Waals surface area contributed by atoms with Gasteiger partial charge in [-0.1, -0.05) is 0 Å². The van der Waals surface area contributed by atoms with E-state index in [-0.39, 0.29) is 30.9 Å². The Morgan fingerprint density at radius 3 is 2.31 bits per heavy atom. The third-order valence-electron chi connectivity index (χ3n) is 8.97. The topological polar surface area (TPSA) is 207 Å². The van der Waals surface area contributed by atoms with Crippen molar-refractivity contribution in [3.8, 4) is 22.6 Å². The van der Waals surface area contributed by atoms with Crippen LogP contribution in [0.25, 0.3) is 11.1 Å². The molecular formula is C32H33B2N3O11. The van der Waals surface area contributed by atoms with E-state index in [1.165, 1.54) is 37.3 Å². The Balaban J connectivity index is 1.37. The van der Waals surface area contributed by atoms with Gasteiger partial charge in [0.1, 0.15) is 17.5 Å². The molecule has 0 radical (unpaired) electrons. The molecule has 3 amide bonds. The lowest BCUT2D eigenvalue weighted by Crippen LogP contribution is -2.47. The summed E-state index contributed by atoms with van der Waals surface area (Å²) in [5, 5.41) is 33.5. The van der Waals surface area contributed by atoms with Crippen LogP contribution in [0.15, 0.2) is 42.5 Å². The Kier molecular flexibility index (Phi) is 9.16. The van der Waals surface area contributed by atoms with Crippen LogP contribution in [0, 0.1) is 0 Å². The molecule has 3 heterocycles. The zero-order valence-corrected chi connectivity index (χ0v) is 26.2. The molecule has 3 aromatic carbocycles. The van der Waals surface area contributed by atoms with E-state index >= 15 is 0 Å². The summed E-state index contributed by atoms with van der Waals surface area (Å²) in [6.45, 7) is 0.303. The fourth-order valence-electron chi connectivity index (χ4n) is 6.55. The minimum atomic E-state index is -1.30. The molecule has 48 heavy (non-hydrogen) atoms. The lowest BCUT2D eigenvalue weighted by Gasteiger charge is -2.28. The third kappa shape index (κ3) is 6.22. The van der Waals surface area contributed by atoms with E-state index < -0.39 is 56.4 Å². The second kappa shape index (κ2) is 13.3.